The number of anilines is 2. The van der Waals surface area contributed by atoms with Crippen LogP contribution in [0, 0.1) is 11.6 Å². The van der Waals surface area contributed by atoms with Crippen molar-refractivity contribution in [3.05, 3.63) is 90.1 Å². The molecule has 0 saturated carbocycles. The van der Waals surface area contributed by atoms with Crippen molar-refractivity contribution in [2.45, 2.75) is 44.0 Å². The van der Waals surface area contributed by atoms with Crippen molar-refractivity contribution in [3.8, 4) is 17.0 Å². The number of amides is 1. The first kappa shape index (κ1) is 35.3. The monoisotopic (exact) mass is 709 g/mol. The number of pyridine rings is 1. The molecule has 17 heteroatoms. The van der Waals surface area contributed by atoms with E-state index in [9.17, 15) is 23.1 Å². The number of nitrogens with one attached hydrogen (secondary N) is 2. The van der Waals surface area contributed by atoms with Crippen molar-refractivity contribution in [1.29, 1.82) is 0 Å². The average molecular weight is 710 g/mol. The summed E-state index contributed by atoms with van der Waals surface area (Å²) >= 11 is 0. The Balaban J connectivity index is 1.27. The maximum atomic E-state index is 15.2. The van der Waals surface area contributed by atoms with Gasteiger partial charge in [0.05, 0.1) is 43.1 Å². The summed E-state index contributed by atoms with van der Waals surface area (Å²) in [5.41, 5.74) is 7.33. The lowest BCUT2D eigenvalue weighted by Crippen LogP contribution is -2.63. The molecule has 1 aliphatic heterocycles. The summed E-state index contributed by atoms with van der Waals surface area (Å²) in [6, 6.07) is 12.8. The van der Waals surface area contributed by atoms with Gasteiger partial charge in [-0.25, -0.2) is 37.3 Å². The van der Waals surface area contributed by atoms with Crippen LogP contribution in [-0.2, 0) is 17.8 Å². The zero-order valence-electron chi connectivity index (χ0n) is 27.4. The highest BCUT2D eigenvalue weighted by atomic mass is 19.3. The van der Waals surface area contributed by atoms with Crippen molar-refractivity contribution in [1.82, 2.24) is 29.8 Å². The number of nitrogens with two attached hydrogens (primary N) is 1. The number of rotatable bonds is 12. The molecule has 6 rings (SSSR count). The molecule has 51 heavy (non-hydrogen) atoms. The Labute approximate surface area is 289 Å². The van der Waals surface area contributed by atoms with Gasteiger partial charge in [0.15, 0.2) is 35.3 Å². The van der Waals surface area contributed by atoms with E-state index in [-0.39, 0.29) is 55.6 Å². The number of alkyl halides is 2. The van der Waals surface area contributed by atoms with Gasteiger partial charge in [-0.1, -0.05) is 30.3 Å². The van der Waals surface area contributed by atoms with E-state index >= 15 is 4.39 Å². The number of carbonyl (C=O) groups is 1. The van der Waals surface area contributed by atoms with Gasteiger partial charge in [-0.2, -0.15) is 0 Å². The van der Waals surface area contributed by atoms with E-state index in [4.69, 9.17) is 15.2 Å². The number of aliphatic hydroxyl groups is 1. The van der Waals surface area contributed by atoms with Crippen LogP contribution in [0.5, 0.6) is 5.75 Å². The molecular weight excluding hydrogens is 674 g/mol. The SMILES string of the molecule is COc1cc(F)c(-c2cc(Cn3cnc4c(NCOC(=O)NCc5ccccc5)ncnc43)c(N3CCC[C@](N)([C@H](O)C(F)F)C3)cn2)cc1F. The molecule has 5 N–H and O–H groups in total. The quantitative estimate of drug-likeness (QED) is 0.107. The van der Waals surface area contributed by atoms with Gasteiger partial charge in [-0.3, -0.25) is 4.98 Å². The summed E-state index contributed by atoms with van der Waals surface area (Å²) in [5, 5.41) is 15.9. The maximum absolute atomic E-state index is 15.2. The molecule has 1 amide bonds. The zero-order valence-corrected chi connectivity index (χ0v) is 27.4. The number of halogens is 4. The molecule has 4 heterocycles. The molecule has 3 aromatic heterocycles. The molecule has 0 aliphatic carbocycles. The van der Waals surface area contributed by atoms with Crippen LogP contribution in [-0.4, -0.2) is 80.7 Å². The topological polar surface area (TPSA) is 166 Å². The van der Waals surface area contributed by atoms with Gasteiger partial charge in [0.2, 0.25) is 0 Å². The van der Waals surface area contributed by atoms with Gasteiger partial charge < -0.3 is 40.4 Å². The number of alkyl carbamates (subject to hydrolysis) is 1. The van der Waals surface area contributed by atoms with Gasteiger partial charge in [-0.05, 0) is 36.1 Å². The van der Waals surface area contributed by atoms with Gasteiger partial charge >= 0.3 is 6.09 Å². The van der Waals surface area contributed by atoms with E-state index < -0.39 is 35.8 Å². The molecule has 1 aliphatic rings. The van der Waals surface area contributed by atoms with E-state index in [0.29, 0.717) is 35.4 Å². The van der Waals surface area contributed by atoms with Crippen molar-refractivity contribution >= 4 is 28.8 Å². The molecule has 268 valence electrons. The Morgan fingerprint density at radius 3 is 2.67 bits per heavy atom. The minimum atomic E-state index is -3.04. The molecule has 1 fully saturated rings. The Bertz CT molecular complexity index is 2000. The second-order valence-corrected chi connectivity index (χ2v) is 12.1. The number of methoxy groups -OCH3 is 1. The average Bonchev–Trinajstić information content (AvgIpc) is 3.54. The van der Waals surface area contributed by atoms with Crippen LogP contribution < -0.4 is 26.0 Å². The molecule has 0 unspecified atom stereocenters. The molecule has 2 atom stereocenters. The maximum Gasteiger partial charge on any atom is 0.409 e. The number of aromatic nitrogens is 5. The minimum absolute atomic E-state index is 0.0714. The van der Waals surface area contributed by atoms with Gasteiger partial charge in [-0.15, -0.1) is 0 Å². The number of fused-ring (bicyclic) bond motifs is 1. The van der Waals surface area contributed by atoms with E-state index in [1.54, 1.807) is 15.5 Å². The lowest BCUT2D eigenvalue weighted by molar-refractivity contribution is -0.0529. The van der Waals surface area contributed by atoms with E-state index in [2.05, 4.69) is 30.6 Å². The predicted molar refractivity (Wildman–Crippen MR) is 179 cm³/mol. The Morgan fingerprint density at radius 2 is 1.90 bits per heavy atom. The standard InChI is InChI=1S/C34H35F4N9O4/c1-50-27-12-23(35)22(11-24(27)36)25-10-21(26(14-40-25)46-9-5-8-34(39,16-46)29(48)30(37)38)15-47-18-44-28-31(42-17-43-32(28)47)45-19-51-33(49)41-13-20-6-3-2-4-7-20/h2-4,6-7,10-12,14,17-18,29-30,48H,5,8-9,13,15-16,19,39H2,1H3,(H,41,49)(H,42,43,45)/t29-,34-/m1/s1. The smallest absolute Gasteiger partial charge is 0.409 e. The minimum Gasteiger partial charge on any atom is -0.494 e. The van der Waals surface area contributed by atoms with Crippen LogP contribution in [0.3, 0.4) is 0 Å². The number of ether oxygens (including phenoxy) is 2. The van der Waals surface area contributed by atoms with Crippen LogP contribution in [0.4, 0.5) is 33.9 Å². The van der Waals surface area contributed by atoms with Crippen LogP contribution in [0.25, 0.3) is 22.4 Å². The molecule has 2 aromatic carbocycles. The van der Waals surface area contributed by atoms with Gasteiger partial charge in [0, 0.05) is 31.3 Å². The third kappa shape index (κ3) is 7.78. The van der Waals surface area contributed by atoms with Crippen molar-refractivity contribution in [2.24, 2.45) is 5.73 Å². The van der Waals surface area contributed by atoms with Crippen molar-refractivity contribution in [3.63, 3.8) is 0 Å². The summed E-state index contributed by atoms with van der Waals surface area (Å²) in [6.45, 7) is 0.437. The highest BCUT2D eigenvalue weighted by Gasteiger charge is 2.43. The normalized spacial score (nSPS) is 16.7. The second kappa shape index (κ2) is 15.1. The van der Waals surface area contributed by atoms with Crippen LogP contribution in [0.15, 0.2) is 67.4 Å². The molecule has 13 nitrogen and oxygen atoms in total. The first-order valence-electron chi connectivity index (χ1n) is 15.9. The number of aliphatic hydroxyl groups excluding tert-OH is 1. The second-order valence-electron chi connectivity index (χ2n) is 12.1. The molecular formula is C34H35F4N9O4. The Morgan fingerprint density at radius 1 is 1.10 bits per heavy atom. The van der Waals surface area contributed by atoms with Gasteiger partial charge in [0.25, 0.3) is 6.43 Å². The Kier molecular flexibility index (Phi) is 10.5. The number of benzene rings is 2. The van der Waals surface area contributed by atoms with Crippen LogP contribution in [0.2, 0.25) is 0 Å². The highest BCUT2D eigenvalue weighted by Crippen LogP contribution is 2.35. The lowest BCUT2D eigenvalue weighted by atomic mass is 9.84. The Hall–Kier alpha value is -5.55. The summed E-state index contributed by atoms with van der Waals surface area (Å²) in [4.78, 5) is 31.4. The summed E-state index contributed by atoms with van der Waals surface area (Å²) < 4.78 is 68.8. The molecule has 0 bridgehead atoms. The largest absolute Gasteiger partial charge is 0.494 e. The summed E-state index contributed by atoms with van der Waals surface area (Å²) in [5.74, 6) is -1.55. The predicted octanol–water partition coefficient (Wildman–Crippen LogP) is 4.44. The van der Waals surface area contributed by atoms with Crippen molar-refractivity contribution in [2.75, 3.05) is 37.1 Å². The highest BCUT2D eigenvalue weighted by molar-refractivity contribution is 5.83. The van der Waals surface area contributed by atoms with Crippen LogP contribution in [0.1, 0.15) is 24.0 Å². The summed E-state index contributed by atoms with van der Waals surface area (Å²) in [7, 11) is 1.22. The number of hydrogen-bond acceptors (Lipinski definition) is 11. The number of imidazole rings is 1. The fraction of sp³-hybridized carbons (Fsp3) is 0.324. The molecule has 0 spiro atoms. The molecule has 1 saturated heterocycles. The molecule has 0 radical (unpaired) electrons. The number of carbonyl (C=O) groups excluding carboxylic acids is 1. The molecule has 5 aromatic rings. The van der Waals surface area contributed by atoms with Gasteiger partial charge in [0.1, 0.15) is 18.2 Å². The van der Waals surface area contributed by atoms with E-state index in [0.717, 1.165) is 17.7 Å². The van der Waals surface area contributed by atoms with Crippen molar-refractivity contribution < 1.29 is 36.9 Å². The zero-order chi connectivity index (χ0) is 36.1. The first-order valence-corrected chi connectivity index (χ1v) is 15.9. The summed E-state index contributed by atoms with van der Waals surface area (Å²) in [6.07, 6.45) is -0.939. The fourth-order valence-electron chi connectivity index (χ4n) is 6.04. The number of hydrogen-bond donors (Lipinski definition) is 4. The number of nitrogens with zero attached hydrogens (tertiary/aromatic N) is 6. The van der Waals surface area contributed by atoms with E-state index in [1.807, 2.05) is 30.3 Å². The third-order valence-corrected chi connectivity index (χ3v) is 8.67. The fourth-order valence-corrected chi connectivity index (χ4v) is 6.04. The number of piperidine rings is 1. The first-order chi connectivity index (χ1) is 24.6. The van der Waals surface area contributed by atoms with Crippen LogP contribution >= 0.6 is 0 Å². The van der Waals surface area contributed by atoms with E-state index in [1.165, 1.54) is 26.0 Å². The lowest BCUT2D eigenvalue weighted by Gasteiger charge is -2.44. The third-order valence-electron chi connectivity index (χ3n) is 8.67.